The molecule has 0 N–H and O–H groups in total. The van der Waals surface area contributed by atoms with Gasteiger partial charge in [-0.3, -0.25) is 4.79 Å². The Morgan fingerprint density at radius 1 is 1.08 bits per heavy atom. The molecule has 1 aromatic carbocycles. The van der Waals surface area contributed by atoms with E-state index in [1.807, 2.05) is 4.90 Å². The number of aromatic nitrogens is 2. The van der Waals surface area contributed by atoms with Crippen LogP contribution in [0.3, 0.4) is 0 Å². The minimum absolute atomic E-state index is 0.00339. The number of likely N-dealkylation sites (tertiary alicyclic amines) is 2. The van der Waals surface area contributed by atoms with Crippen molar-refractivity contribution in [1.29, 1.82) is 0 Å². The number of likely N-dealkylation sites (N-methyl/N-ethyl adjacent to an activating group) is 1. The van der Waals surface area contributed by atoms with Gasteiger partial charge in [0.05, 0.1) is 5.69 Å². The van der Waals surface area contributed by atoms with Gasteiger partial charge in [-0.2, -0.15) is 5.10 Å². The van der Waals surface area contributed by atoms with Gasteiger partial charge in [0.1, 0.15) is 5.82 Å². The van der Waals surface area contributed by atoms with Gasteiger partial charge in [-0.05, 0) is 69.6 Å². The number of carbonyl (C=O) groups is 1. The molecule has 2 saturated heterocycles. The zero-order valence-electron chi connectivity index (χ0n) is 14.4. The Bertz CT molecular complexity index is 757. The third-order valence-electron chi connectivity index (χ3n) is 5.48. The highest BCUT2D eigenvalue weighted by atomic mass is 19.1. The van der Waals surface area contributed by atoms with Gasteiger partial charge in [0.15, 0.2) is 5.69 Å². The average Bonchev–Trinajstić information content (AvgIpc) is 3.35. The van der Waals surface area contributed by atoms with Crippen molar-refractivity contribution in [3.8, 4) is 5.69 Å². The molecule has 2 aromatic rings. The molecule has 0 saturated carbocycles. The first-order chi connectivity index (χ1) is 12.1. The van der Waals surface area contributed by atoms with E-state index in [1.54, 1.807) is 29.1 Å². The zero-order chi connectivity index (χ0) is 17.4. The van der Waals surface area contributed by atoms with Gasteiger partial charge < -0.3 is 9.80 Å². The van der Waals surface area contributed by atoms with E-state index in [2.05, 4.69) is 17.0 Å². The molecule has 2 aliphatic heterocycles. The van der Waals surface area contributed by atoms with Crippen molar-refractivity contribution in [2.45, 2.75) is 37.8 Å². The summed E-state index contributed by atoms with van der Waals surface area (Å²) in [6.07, 6.45) is 6.25. The van der Waals surface area contributed by atoms with Crippen LogP contribution in [-0.2, 0) is 0 Å². The fraction of sp³-hybridized carbons (Fsp3) is 0.474. The summed E-state index contributed by atoms with van der Waals surface area (Å²) in [7, 11) is 2.15. The van der Waals surface area contributed by atoms with Crippen molar-refractivity contribution in [1.82, 2.24) is 19.6 Å². The summed E-state index contributed by atoms with van der Waals surface area (Å²) in [5.41, 5.74) is 1.20. The number of halogens is 1. The number of benzene rings is 1. The lowest BCUT2D eigenvalue weighted by atomic mass is 10.0. The zero-order valence-corrected chi connectivity index (χ0v) is 14.4. The predicted octanol–water partition coefficient (Wildman–Crippen LogP) is 2.71. The van der Waals surface area contributed by atoms with Crippen LogP contribution in [0.25, 0.3) is 5.69 Å². The molecule has 2 atom stereocenters. The molecule has 25 heavy (non-hydrogen) atoms. The van der Waals surface area contributed by atoms with Crippen LogP contribution in [0.4, 0.5) is 4.39 Å². The molecule has 2 aliphatic rings. The SMILES string of the molecule is CN1CCC[C@H]1[C@@H]1CCCN1C(=O)c1ccn(-c2ccc(F)cc2)n1. The first kappa shape index (κ1) is 16.3. The monoisotopic (exact) mass is 342 g/mol. The van der Waals surface area contributed by atoms with E-state index in [0.29, 0.717) is 11.7 Å². The highest BCUT2D eigenvalue weighted by Crippen LogP contribution is 2.30. The number of hydrogen-bond acceptors (Lipinski definition) is 3. The Labute approximate surface area is 147 Å². The van der Waals surface area contributed by atoms with Crippen molar-refractivity contribution in [3.05, 3.63) is 48.0 Å². The lowest BCUT2D eigenvalue weighted by Crippen LogP contribution is -2.47. The van der Waals surface area contributed by atoms with E-state index < -0.39 is 0 Å². The summed E-state index contributed by atoms with van der Waals surface area (Å²) in [5.74, 6) is -0.281. The fourth-order valence-electron chi connectivity index (χ4n) is 4.19. The van der Waals surface area contributed by atoms with Crippen LogP contribution in [0.5, 0.6) is 0 Å². The third kappa shape index (κ3) is 3.06. The van der Waals surface area contributed by atoms with E-state index in [0.717, 1.165) is 38.0 Å². The summed E-state index contributed by atoms with van der Waals surface area (Å²) in [4.78, 5) is 17.4. The van der Waals surface area contributed by atoms with Crippen molar-refractivity contribution in [3.63, 3.8) is 0 Å². The highest BCUT2D eigenvalue weighted by Gasteiger charge is 2.39. The van der Waals surface area contributed by atoms with Gasteiger partial charge in [-0.1, -0.05) is 0 Å². The molecule has 3 heterocycles. The Kier molecular flexibility index (Phi) is 4.29. The molecule has 0 bridgehead atoms. The second-order valence-corrected chi connectivity index (χ2v) is 7.02. The molecule has 1 aromatic heterocycles. The second kappa shape index (κ2) is 6.59. The Morgan fingerprint density at radius 3 is 2.52 bits per heavy atom. The van der Waals surface area contributed by atoms with Gasteiger partial charge in [0.25, 0.3) is 5.91 Å². The number of rotatable bonds is 3. The van der Waals surface area contributed by atoms with Gasteiger partial charge in [-0.25, -0.2) is 9.07 Å². The van der Waals surface area contributed by atoms with Crippen LogP contribution in [0, 0.1) is 5.82 Å². The van der Waals surface area contributed by atoms with Crippen LogP contribution < -0.4 is 0 Å². The first-order valence-electron chi connectivity index (χ1n) is 8.96. The summed E-state index contributed by atoms with van der Waals surface area (Å²) in [6.45, 7) is 1.92. The van der Waals surface area contributed by atoms with Crippen LogP contribution in [0.2, 0.25) is 0 Å². The van der Waals surface area contributed by atoms with Crippen molar-refractivity contribution in [2.24, 2.45) is 0 Å². The molecule has 6 heteroatoms. The Morgan fingerprint density at radius 2 is 1.80 bits per heavy atom. The average molecular weight is 342 g/mol. The maximum atomic E-state index is 13.1. The number of amides is 1. The quantitative estimate of drug-likeness (QED) is 0.861. The molecule has 0 spiro atoms. The van der Waals surface area contributed by atoms with E-state index in [1.165, 1.54) is 18.6 Å². The molecule has 0 aliphatic carbocycles. The minimum Gasteiger partial charge on any atom is -0.333 e. The molecular weight excluding hydrogens is 319 g/mol. The van der Waals surface area contributed by atoms with Gasteiger partial charge in [-0.15, -0.1) is 0 Å². The minimum atomic E-state index is -0.284. The second-order valence-electron chi connectivity index (χ2n) is 7.02. The molecule has 0 radical (unpaired) electrons. The molecule has 132 valence electrons. The van der Waals surface area contributed by atoms with E-state index >= 15 is 0 Å². The molecule has 2 fully saturated rings. The predicted molar refractivity (Wildman–Crippen MR) is 93.2 cm³/mol. The number of nitrogens with zero attached hydrogens (tertiary/aromatic N) is 4. The standard InChI is InChI=1S/C19H23FN4O/c1-22-11-2-4-17(22)18-5-3-12-23(18)19(25)16-10-13-24(21-16)15-8-6-14(20)7-9-15/h6-10,13,17-18H,2-5,11-12H2,1H3/t17-,18-/m0/s1. The van der Waals surface area contributed by atoms with Crippen LogP contribution >= 0.6 is 0 Å². The normalized spacial score (nSPS) is 24.2. The summed E-state index contributed by atoms with van der Waals surface area (Å²) in [5, 5.41) is 4.42. The first-order valence-corrected chi connectivity index (χ1v) is 8.96. The van der Waals surface area contributed by atoms with E-state index in [4.69, 9.17) is 0 Å². The molecule has 5 nitrogen and oxygen atoms in total. The topological polar surface area (TPSA) is 41.4 Å². The van der Waals surface area contributed by atoms with Gasteiger partial charge >= 0.3 is 0 Å². The summed E-state index contributed by atoms with van der Waals surface area (Å²) < 4.78 is 14.7. The Hall–Kier alpha value is -2.21. The third-order valence-corrected chi connectivity index (χ3v) is 5.48. The summed E-state index contributed by atoms with van der Waals surface area (Å²) >= 11 is 0. The lowest BCUT2D eigenvalue weighted by Gasteiger charge is -2.32. The van der Waals surface area contributed by atoms with Crippen molar-refractivity contribution < 1.29 is 9.18 Å². The van der Waals surface area contributed by atoms with Crippen molar-refractivity contribution >= 4 is 5.91 Å². The number of hydrogen-bond donors (Lipinski definition) is 0. The van der Waals surface area contributed by atoms with Crippen LogP contribution in [-0.4, -0.2) is 57.7 Å². The molecular formula is C19H23FN4O. The van der Waals surface area contributed by atoms with Gasteiger partial charge in [0.2, 0.25) is 0 Å². The fourth-order valence-corrected chi connectivity index (χ4v) is 4.19. The lowest BCUT2D eigenvalue weighted by molar-refractivity contribution is 0.0658. The van der Waals surface area contributed by atoms with Crippen LogP contribution in [0.15, 0.2) is 36.5 Å². The van der Waals surface area contributed by atoms with E-state index in [-0.39, 0.29) is 17.8 Å². The van der Waals surface area contributed by atoms with Gasteiger partial charge in [0, 0.05) is 24.8 Å². The summed E-state index contributed by atoms with van der Waals surface area (Å²) in [6, 6.07) is 8.60. The maximum Gasteiger partial charge on any atom is 0.274 e. The van der Waals surface area contributed by atoms with Crippen molar-refractivity contribution in [2.75, 3.05) is 20.1 Å². The largest absolute Gasteiger partial charge is 0.333 e. The molecule has 1 amide bonds. The number of carbonyl (C=O) groups excluding carboxylic acids is 1. The highest BCUT2D eigenvalue weighted by molar-refractivity contribution is 5.92. The maximum absolute atomic E-state index is 13.1. The van der Waals surface area contributed by atoms with Crippen LogP contribution in [0.1, 0.15) is 36.2 Å². The Balaban J connectivity index is 1.53. The molecule has 4 rings (SSSR count). The molecule has 0 unspecified atom stereocenters. The smallest absolute Gasteiger partial charge is 0.274 e. The van der Waals surface area contributed by atoms with E-state index in [9.17, 15) is 9.18 Å².